The fourth-order valence-corrected chi connectivity index (χ4v) is 5.62. The predicted molar refractivity (Wildman–Crippen MR) is 127 cm³/mol. The van der Waals surface area contributed by atoms with Crippen LogP contribution in [-0.2, 0) is 21.3 Å². The van der Waals surface area contributed by atoms with Gasteiger partial charge in [0.15, 0.2) is 4.80 Å². The molecular weight excluding hydrogens is 465 g/mol. The molecule has 0 aliphatic rings. The molecule has 1 amide bonds. The van der Waals surface area contributed by atoms with Crippen molar-refractivity contribution in [1.29, 1.82) is 0 Å². The number of benzene rings is 2. The zero-order valence-corrected chi connectivity index (χ0v) is 19.7. The van der Waals surface area contributed by atoms with E-state index in [4.69, 9.17) is 4.74 Å². The molecule has 2 aromatic carbocycles. The summed E-state index contributed by atoms with van der Waals surface area (Å²) in [6.07, 6.45) is 2.99. The fourth-order valence-electron chi connectivity index (χ4n) is 3.16. The molecular formula is C23H24FN3O4S2. The largest absolute Gasteiger partial charge is 0.383 e. The smallest absolute Gasteiger partial charge is 0.279 e. The van der Waals surface area contributed by atoms with E-state index in [2.05, 4.69) is 18.2 Å². The molecule has 0 aliphatic heterocycles. The van der Waals surface area contributed by atoms with E-state index < -0.39 is 15.9 Å². The molecule has 1 aromatic heterocycles. The summed E-state index contributed by atoms with van der Waals surface area (Å²) in [6, 6.07) is 9.97. The maximum Gasteiger partial charge on any atom is 0.279 e. The molecule has 7 nitrogen and oxygen atoms in total. The highest BCUT2D eigenvalue weighted by Gasteiger charge is 2.22. The molecule has 3 aromatic rings. The number of hydrogen-bond acceptors (Lipinski definition) is 5. The number of thiazole rings is 1. The zero-order chi connectivity index (χ0) is 24.0. The van der Waals surface area contributed by atoms with E-state index in [0.29, 0.717) is 22.7 Å². The van der Waals surface area contributed by atoms with Crippen LogP contribution in [0.3, 0.4) is 0 Å². The Balaban J connectivity index is 1.96. The van der Waals surface area contributed by atoms with Gasteiger partial charge in [0.1, 0.15) is 5.82 Å². The molecule has 0 N–H and O–H groups in total. The number of halogens is 1. The maximum absolute atomic E-state index is 13.7. The van der Waals surface area contributed by atoms with Crippen LogP contribution in [0.5, 0.6) is 0 Å². The number of nitrogens with zero attached hydrogens (tertiary/aromatic N) is 3. The van der Waals surface area contributed by atoms with Crippen LogP contribution in [0.15, 0.2) is 77.7 Å². The van der Waals surface area contributed by atoms with Gasteiger partial charge in [-0.15, -0.1) is 13.2 Å². The Morgan fingerprint density at radius 2 is 1.85 bits per heavy atom. The van der Waals surface area contributed by atoms with Crippen molar-refractivity contribution in [2.45, 2.75) is 11.4 Å². The Kier molecular flexibility index (Phi) is 8.09. The van der Waals surface area contributed by atoms with Gasteiger partial charge in [0, 0.05) is 32.3 Å². The van der Waals surface area contributed by atoms with Gasteiger partial charge in [-0.05, 0) is 42.5 Å². The van der Waals surface area contributed by atoms with Gasteiger partial charge in [0.05, 0.1) is 21.7 Å². The first-order chi connectivity index (χ1) is 15.8. The lowest BCUT2D eigenvalue weighted by Crippen LogP contribution is -2.31. The van der Waals surface area contributed by atoms with Crippen LogP contribution in [0.4, 0.5) is 4.39 Å². The van der Waals surface area contributed by atoms with Crippen LogP contribution in [-0.4, -0.2) is 50.0 Å². The summed E-state index contributed by atoms with van der Waals surface area (Å²) in [6.45, 7) is 8.28. The lowest BCUT2D eigenvalue weighted by atomic mass is 10.2. The molecule has 0 aliphatic carbocycles. The second kappa shape index (κ2) is 10.8. The number of hydrogen-bond donors (Lipinski definition) is 0. The highest BCUT2D eigenvalue weighted by Crippen LogP contribution is 2.20. The number of amides is 1. The summed E-state index contributed by atoms with van der Waals surface area (Å²) in [5.41, 5.74) is 0.978. The van der Waals surface area contributed by atoms with E-state index in [0.717, 1.165) is 5.52 Å². The normalized spacial score (nSPS) is 12.4. The molecule has 0 bridgehead atoms. The van der Waals surface area contributed by atoms with E-state index in [1.807, 2.05) is 0 Å². The second-order valence-electron chi connectivity index (χ2n) is 6.98. The molecule has 0 unspecified atom stereocenters. The summed E-state index contributed by atoms with van der Waals surface area (Å²) in [5, 5.41) is 0. The number of methoxy groups -OCH3 is 1. The van der Waals surface area contributed by atoms with Gasteiger partial charge in [-0.25, -0.2) is 12.8 Å². The lowest BCUT2D eigenvalue weighted by Gasteiger charge is -2.19. The number of carbonyl (C=O) groups is 1. The third-order valence-electron chi connectivity index (χ3n) is 4.77. The molecule has 174 valence electrons. The number of fused-ring (bicyclic) bond motifs is 1. The minimum atomic E-state index is -3.77. The first kappa shape index (κ1) is 24.7. The minimum Gasteiger partial charge on any atom is -0.383 e. The number of aromatic nitrogens is 1. The molecule has 0 atom stereocenters. The fraction of sp³-hybridized carbons (Fsp3) is 0.217. The molecule has 0 radical (unpaired) electrons. The maximum atomic E-state index is 13.7. The molecule has 33 heavy (non-hydrogen) atoms. The highest BCUT2D eigenvalue weighted by molar-refractivity contribution is 7.89. The number of ether oxygens (including phenoxy) is 1. The number of rotatable bonds is 10. The third-order valence-corrected chi connectivity index (χ3v) is 7.65. The van der Waals surface area contributed by atoms with Crippen LogP contribution < -0.4 is 4.80 Å². The standard InChI is InChI=1S/C23H24FN3O4S2/c1-4-12-26(13-5-2)33(29,30)19-9-6-17(7-10-19)22(28)25-23-27(14-15-31-3)20-11-8-18(24)16-21(20)32-23/h4-11,16H,1-2,12-15H2,3H3. The molecule has 1 heterocycles. The van der Waals surface area contributed by atoms with Gasteiger partial charge < -0.3 is 9.30 Å². The topological polar surface area (TPSA) is 81.0 Å². The summed E-state index contributed by atoms with van der Waals surface area (Å²) in [7, 11) is -2.20. The second-order valence-corrected chi connectivity index (χ2v) is 9.93. The molecule has 0 spiro atoms. The van der Waals surface area contributed by atoms with Gasteiger partial charge in [-0.3, -0.25) is 4.79 Å². The lowest BCUT2D eigenvalue weighted by molar-refractivity contribution is 0.0997. The summed E-state index contributed by atoms with van der Waals surface area (Å²) < 4.78 is 48.1. The Bertz CT molecular complexity index is 1330. The van der Waals surface area contributed by atoms with E-state index in [1.54, 1.807) is 17.7 Å². The van der Waals surface area contributed by atoms with Crippen LogP contribution >= 0.6 is 11.3 Å². The average Bonchev–Trinajstić information content (AvgIpc) is 3.13. The van der Waals surface area contributed by atoms with Gasteiger partial charge in [-0.2, -0.15) is 9.30 Å². The SMILES string of the molecule is C=CCN(CC=C)S(=O)(=O)c1ccc(C(=O)N=c2sc3cc(F)ccc3n2CCOC)cc1. The van der Waals surface area contributed by atoms with Gasteiger partial charge >= 0.3 is 0 Å². The predicted octanol–water partition coefficient (Wildman–Crippen LogP) is 3.59. The van der Waals surface area contributed by atoms with Crippen molar-refractivity contribution in [3.8, 4) is 0 Å². The van der Waals surface area contributed by atoms with Crippen molar-refractivity contribution >= 4 is 37.5 Å². The van der Waals surface area contributed by atoms with Crippen molar-refractivity contribution < 1.29 is 22.3 Å². The van der Waals surface area contributed by atoms with Gasteiger partial charge in [0.25, 0.3) is 5.91 Å². The summed E-state index contributed by atoms with van der Waals surface area (Å²) in [5.74, 6) is -0.912. The Morgan fingerprint density at radius 1 is 1.18 bits per heavy atom. The van der Waals surface area contributed by atoms with Crippen molar-refractivity contribution in [3.05, 3.63) is 84.0 Å². The number of carbonyl (C=O) groups excluding carboxylic acids is 1. The quantitative estimate of drug-likeness (QED) is 0.408. The first-order valence-corrected chi connectivity index (χ1v) is 12.3. The minimum absolute atomic E-state index is 0.0512. The van der Waals surface area contributed by atoms with Crippen LogP contribution in [0.1, 0.15) is 10.4 Å². The highest BCUT2D eigenvalue weighted by atomic mass is 32.2. The Hall–Kier alpha value is -2.92. The van der Waals surface area contributed by atoms with Crippen LogP contribution in [0.25, 0.3) is 10.2 Å². The molecule has 0 fully saturated rings. The monoisotopic (exact) mass is 489 g/mol. The summed E-state index contributed by atoms with van der Waals surface area (Å²) in [4.78, 5) is 17.5. The van der Waals surface area contributed by atoms with E-state index in [-0.39, 0.29) is 29.4 Å². The van der Waals surface area contributed by atoms with Crippen molar-refractivity contribution in [3.63, 3.8) is 0 Å². The van der Waals surface area contributed by atoms with Crippen LogP contribution in [0.2, 0.25) is 0 Å². The van der Waals surface area contributed by atoms with E-state index >= 15 is 0 Å². The summed E-state index contributed by atoms with van der Waals surface area (Å²) >= 11 is 1.19. The third kappa shape index (κ3) is 5.53. The molecule has 3 rings (SSSR count). The zero-order valence-electron chi connectivity index (χ0n) is 18.1. The van der Waals surface area contributed by atoms with Gasteiger partial charge in [-0.1, -0.05) is 23.5 Å². The molecule has 0 saturated heterocycles. The van der Waals surface area contributed by atoms with E-state index in [9.17, 15) is 17.6 Å². The van der Waals surface area contributed by atoms with Crippen molar-refractivity contribution in [1.82, 2.24) is 8.87 Å². The Labute approximate surface area is 195 Å². The molecule has 10 heteroatoms. The Morgan fingerprint density at radius 3 is 2.45 bits per heavy atom. The molecule has 0 saturated carbocycles. The number of sulfonamides is 1. The average molecular weight is 490 g/mol. The van der Waals surface area contributed by atoms with Crippen molar-refractivity contribution in [2.24, 2.45) is 4.99 Å². The van der Waals surface area contributed by atoms with Crippen LogP contribution in [0, 0.1) is 5.82 Å². The van der Waals surface area contributed by atoms with E-state index in [1.165, 1.54) is 64.2 Å². The van der Waals surface area contributed by atoms with Crippen molar-refractivity contribution in [2.75, 3.05) is 26.8 Å². The first-order valence-electron chi connectivity index (χ1n) is 10.0. The van der Waals surface area contributed by atoms with Gasteiger partial charge in [0.2, 0.25) is 10.0 Å².